The summed E-state index contributed by atoms with van der Waals surface area (Å²) in [7, 11) is 2.87. The molecule has 0 bridgehead atoms. The lowest BCUT2D eigenvalue weighted by atomic mass is 10.3. The van der Waals surface area contributed by atoms with Gasteiger partial charge in [-0.05, 0) is 0 Å². The lowest BCUT2D eigenvalue weighted by Crippen LogP contribution is -2.10. The summed E-state index contributed by atoms with van der Waals surface area (Å²) >= 11 is 0. The second kappa shape index (κ2) is 3.21. The molecule has 0 saturated heterocycles. The van der Waals surface area contributed by atoms with E-state index in [9.17, 15) is 9.59 Å². The quantitative estimate of drug-likeness (QED) is 0.317. The smallest absolute Gasteiger partial charge is 0.355 e. The number of aldehydes is 1. The third-order valence-electron chi connectivity index (χ3n) is 1.46. The highest BCUT2D eigenvalue weighted by Gasteiger charge is 2.15. The Kier molecular flexibility index (Phi) is 2.28. The van der Waals surface area contributed by atoms with Gasteiger partial charge in [0, 0.05) is 0 Å². The first-order valence-electron chi connectivity index (χ1n) is 3.25. The number of nitrogens with zero attached hydrogens (tertiary/aromatic N) is 2. The largest absolute Gasteiger partial charge is 0.464 e. The van der Waals surface area contributed by atoms with Crippen LogP contribution < -0.4 is 0 Å². The van der Waals surface area contributed by atoms with Gasteiger partial charge in [0.1, 0.15) is 11.4 Å². The van der Waals surface area contributed by atoms with Gasteiger partial charge >= 0.3 is 5.97 Å². The molecule has 0 unspecified atom stereocenters. The highest BCUT2D eigenvalue weighted by atomic mass is 16.5. The van der Waals surface area contributed by atoms with Crippen molar-refractivity contribution in [3.05, 3.63) is 17.7 Å². The van der Waals surface area contributed by atoms with Gasteiger partial charge in [0.15, 0.2) is 6.29 Å². The molecule has 0 N–H and O–H groups in total. The average Bonchev–Trinajstić information content (AvgIpc) is 2.45. The predicted molar refractivity (Wildman–Crippen MR) is 42.9 cm³/mol. The number of aromatic nitrogens is 2. The van der Waals surface area contributed by atoms with E-state index in [1.165, 1.54) is 17.9 Å². The fourth-order valence-corrected chi connectivity index (χ4v) is 0.880. The van der Waals surface area contributed by atoms with Crippen molar-refractivity contribution in [2.24, 2.45) is 0 Å². The molecule has 0 aliphatic carbocycles. The van der Waals surface area contributed by atoms with Gasteiger partial charge in [0.25, 0.3) is 0 Å². The second-order valence-electron chi connectivity index (χ2n) is 2.20. The van der Waals surface area contributed by atoms with Crippen molar-refractivity contribution >= 4 is 20.2 Å². The highest BCUT2D eigenvalue weighted by molar-refractivity contribution is 6.11. The number of methoxy groups -OCH3 is 1. The van der Waals surface area contributed by atoms with Gasteiger partial charge in [0.2, 0.25) is 7.98 Å². The summed E-state index contributed by atoms with van der Waals surface area (Å²) in [5, 5.41) is 0. The van der Waals surface area contributed by atoms with Crippen LogP contribution in [0.25, 0.3) is 0 Å². The summed E-state index contributed by atoms with van der Waals surface area (Å²) in [6.45, 7) is 0. The monoisotopic (exact) mass is 166 g/mol. The first kappa shape index (κ1) is 8.51. The number of carbonyl (C=O) groups excluding carboxylic acids is 2. The Balaban J connectivity index is 3.18. The molecule has 0 radical (unpaired) electrons. The van der Waals surface area contributed by atoms with Gasteiger partial charge in [-0.15, -0.1) is 0 Å². The van der Waals surface area contributed by atoms with Crippen LogP contribution in [0, 0.1) is 0 Å². The molecule has 12 heavy (non-hydrogen) atoms. The van der Waals surface area contributed by atoms with E-state index in [-0.39, 0.29) is 11.4 Å². The van der Waals surface area contributed by atoms with Crippen LogP contribution in [-0.4, -0.2) is 36.8 Å². The van der Waals surface area contributed by atoms with Crippen LogP contribution in [0.3, 0.4) is 0 Å². The Morgan fingerprint density at radius 2 is 2.50 bits per heavy atom. The zero-order valence-electron chi connectivity index (χ0n) is 6.77. The Hall–Kier alpha value is -1.59. The minimum absolute atomic E-state index is 0.101. The summed E-state index contributed by atoms with van der Waals surface area (Å²) in [6.07, 6.45) is 1.90. The SMILES string of the molecule is Bn1cnc(C=O)c1C(=O)OC. The van der Waals surface area contributed by atoms with Crippen molar-refractivity contribution in [2.75, 3.05) is 7.11 Å². The van der Waals surface area contributed by atoms with Crippen LogP contribution in [0.15, 0.2) is 6.33 Å². The maximum Gasteiger partial charge on any atom is 0.355 e. The minimum atomic E-state index is -0.558. The molecular formula is C6H7BN2O3. The van der Waals surface area contributed by atoms with Crippen molar-refractivity contribution in [1.82, 2.24) is 9.46 Å². The Bertz CT molecular complexity index is 321. The molecule has 6 heteroatoms. The van der Waals surface area contributed by atoms with Gasteiger partial charge in [0.05, 0.1) is 13.4 Å². The molecule has 0 aliphatic rings. The maximum atomic E-state index is 11.0. The van der Waals surface area contributed by atoms with Crippen molar-refractivity contribution in [3.8, 4) is 0 Å². The lowest BCUT2D eigenvalue weighted by molar-refractivity contribution is 0.0590. The molecule has 0 saturated carbocycles. The molecule has 1 aromatic heterocycles. The van der Waals surface area contributed by atoms with Crippen LogP contribution in [0.2, 0.25) is 0 Å². The molecule has 0 aliphatic heterocycles. The van der Waals surface area contributed by atoms with E-state index in [0.717, 1.165) is 0 Å². The molecular weight excluding hydrogens is 159 g/mol. The Labute approximate surface area is 69.8 Å². The van der Waals surface area contributed by atoms with E-state index >= 15 is 0 Å². The van der Waals surface area contributed by atoms with Crippen LogP contribution in [-0.2, 0) is 4.74 Å². The molecule has 0 fully saturated rings. The van der Waals surface area contributed by atoms with E-state index < -0.39 is 5.97 Å². The number of hydrogen-bond donors (Lipinski definition) is 0. The molecule has 1 heterocycles. The van der Waals surface area contributed by atoms with Crippen molar-refractivity contribution in [1.29, 1.82) is 0 Å². The first-order chi connectivity index (χ1) is 5.70. The molecule has 1 rings (SSSR count). The summed E-state index contributed by atoms with van der Waals surface area (Å²) in [5.41, 5.74) is 0.275. The van der Waals surface area contributed by atoms with Crippen molar-refractivity contribution in [3.63, 3.8) is 0 Å². The molecule has 0 atom stereocenters. The van der Waals surface area contributed by atoms with Crippen molar-refractivity contribution in [2.45, 2.75) is 0 Å². The number of rotatable bonds is 2. The van der Waals surface area contributed by atoms with Crippen LogP contribution in [0.1, 0.15) is 21.0 Å². The van der Waals surface area contributed by atoms with E-state index in [1.807, 2.05) is 0 Å². The molecule has 0 aromatic carbocycles. The standard InChI is InChI=1S/C6H7BN2O3/c1-12-6(11)5-4(2-10)8-3-9(5)7/h2-3H,7H2,1H3. The van der Waals surface area contributed by atoms with Crippen LogP contribution in [0.5, 0.6) is 0 Å². The topological polar surface area (TPSA) is 61.2 Å². The number of carbonyl (C=O) groups is 2. The highest BCUT2D eigenvalue weighted by Crippen LogP contribution is 2.03. The fraction of sp³-hybridized carbons (Fsp3) is 0.167. The summed E-state index contributed by atoms with van der Waals surface area (Å²) < 4.78 is 5.90. The normalized spacial score (nSPS) is 9.42. The maximum absolute atomic E-state index is 11.0. The number of imidazole rings is 1. The molecule has 5 nitrogen and oxygen atoms in total. The van der Waals surface area contributed by atoms with Gasteiger partial charge in [-0.3, -0.25) is 4.79 Å². The predicted octanol–water partition coefficient (Wildman–Crippen LogP) is -1.12. The third kappa shape index (κ3) is 1.23. The second-order valence-corrected chi connectivity index (χ2v) is 2.20. The van der Waals surface area contributed by atoms with E-state index in [2.05, 4.69) is 9.72 Å². The van der Waals surface area contributed by atoms with E-state index in [1.54, 1.807) is 7.98 Å². The minimum Gasteiger partial charge on any atom is -0.464 e. The van der Waals surface area contributed by atoms with Crippen LogP contribution in [0.4, 0.5) is 0 Å². The fourth-order valence-electron chi connectivity index (χ4n) is 0.880. The summed E-state index contributed by atoms with van der Waals surface area (Å²) in [6, 6.07) is 0. The Morgan fingerprint density at radius 1 is 1.83 bits per heavy atom. The van der Waals surface area contributed by atoms with Gasteiger partial charge < -0.3 is 9.21 Å². The lowest BCUT2D eigenvalue weighted by Gasteiger charge is -1.99. The number of hydrogen-bond acceptors (Lipinski definition) is 4. The van der Waals surface area contributed by atoms with Gasteiger partial charge in [-0.25, -0.2) is 9.78 Å². The van der Waals surface area contributed by atoms with Gasteiger partial charge in [-0.2, -0.15) is 0 Å². The van der Waals surface area contributed by atoms with Gasteiger partial charge in [-0.1, -0.05) is 0 Å². The number of ether oxygens (including phenoxy) is 1. The molecule has 62 valence electrons. The zero-order chi connectivity index (χ0) is 9.14. The van der Waals surface area contributed by atoms with E-state index in [4.69, 9.17) is 0 Å². The zero-order valence-corrected chi connectivity index (χ0v) is 6.77. The van der Waals surface area contributed by atoms with E-state index in [0.29, 0.717) is 6.29 Å². The first-order valence-corrected chi connectivity index (χ1v) is 3.25. The molecule has 0 spiro atoms. The summed E-state index contributed by atoms with van der Waals surface area (Å²) in [5.74, 6) is -0.558. The van der Waals surface area contributed by atoms with Crippen molar-refractivity contribution < 1.29 is 14.3 Å². The Morgan fingerprint density at radius 3 is 3.00 bits per heavy atom. The van der Waals surface area contributed by atoms with Crippen LogP contribution >= 0.6 is 0 Å². The third-order valence-corrected chi connectivity index (χ3v) is 1.46. The molecule has 1 aromatic rings. The number of esters is 1. The average molecular weight is 166 g/mol. The summed E-state index contributed by atoms with van der Waals surface area (Å²) in [4.78, 5) is 25.1. The molecule has 0 amide bonds.